The van der Waals surface area contributed by atoms with Gasteiger partial charge in [-0.15, -0.1) is 0 Å². The van der Waals surface area contributed by atoms with Crippen molar-refractivity contribution < 1.29 is 14.3 Å². The van der Waals surface area contributed by atoms with Crippen molar-refractivity contribution >= 4 is 17.5 Å². The van der Waals surface area contributed by atoms with Crippen LogP contribution in [0.1, 0.15) is 35.2 Å². The maximum absolute atomic E-state index is 12.6. The van der Waals surface area contributed by atoms with Crippen molar-refractivity contribution in [1.82, 2.24) is 10.2 Å². The molecule has 0 bridgehead atoms. The van der Waals surface area contributed by atoms with E-state index in [4.69, 9.17) is 4.74 Å². The number of likely N-dealkylation sites (tertiary alicyclic amines) is 1. The van der Waals surface area contributed by atoms with Crippen molar-refractivity contribution in [3.05, 3.63) is 59.7 Å². The van der Waals surface area contributed by atoms with Gasteiger partial charge in [0.05, 0.1) is 12.2 Å². The van der Waals surface area contributed by atoms with E-state index in [0.29, 0.717) is 24.4 Å². The Kier molecular flexibility index (Phi) is 6.10. The van der Waals surface area contributed by atoms with E-state index in [0.717, 1.165) is 30.9 Å². The smallest absolute Gasteiger partial charge is 0.265 e. The van der Waals surface area contributed by atoms with Crippen molar-refractivity contribution in [2.45, 2.75) is 25.8 Å². The number of amides is 2. The van der Waals surface area contributed by atoms with Gasteiger partial charge in [-0.05, 0) is 55.8 Å². The predicted octanol–water partition coefficient (Wildman–Crippen LogP) is 2.83. The summed E-state index contributed by atoms with van der Waals surface area (Å²) in [6.45, 7) is 4.24. The van der Waals surface area contributed by atoms with E-state index < -0.39 is 0 Å². The SMILES string of the molecule is O=C(NCCN1CCCCC1)c1cccc(CN2C(=O)COc3ccccc32)c1. The van der Waals surface area contributed by atoms with Gasteiger partial charge >= 0.3 is 0 Å². The lowest BCUT2D eigenvalue weighted by molar-refractivity contribution is -0.121. The number of rotatable bonds is 6. The van der Waals surface area contributed by atoms with Crippen LogP contribution in [0.3, 0.4) is 0 Å². The van der Waals surface area contributed by atoms with Gasteiger partial charge in [-0.25, -0.2) is 0 Å². The van der Waals surface area contributed by atoms with E-state index in [1.54, 1.807) is 4.90 Å². The van der Waals surface area contributed by atoms with Gasteiger partial charge < -0.3 is 19.9 Å². The number of carbonyl (C=O) groups excluding carboxylic acids is 2. The van der Waals surface area contributed by atoms with Crippen LogP contribution in [0.4, 0.5) is 5.69 Å². The fourth-order valence-electron chi connectivity index (χ4n) is 3.93. The summed E-state index contributed by atoms with van der Waals surface area (Å²) in [6.07, 6.45) is 3.81. The Morgan fingerprint density at radius 3 is 2.72 bits per heavy atom. The number of hydrogen-bond donors (Lipinski definition) is 1. The highest BCUT2D eigenvalue weighted by Crippen LogP contribution is 2.32. The molecule has 6 heteroatoms. The number of fused-ring (bicyclic) bond motifs is 1. The molecule has 0 unspecified atom stereocenters. The number of benzene rings is 2. The minimum atomic E-state index is -0.0833. The zero-order valence-corrected chi connectivity index (χ0v) is 16.6. The number of para-hydroxylation sites is 2. The fourth-order valence-corrected chi connectivity index (χ4v) is 3.93. The summed E-state index contributed by atoms with van der Waals surface area (Å²) in [6, 6.07) is 15.0. The molecule has 2 heterocycles. The van der Waals surface area contributed by atoms with Crippen LogP contribution in [0.5, 0.6) is 5.75 Å². The fraction of sp³-hybridized carbons (Fsp3) is 0.391. The monoisotopic (exact) mass is 393 g/mol. The van der Waals surface area contributed by atoms with E-state index in [-0.39, 0.29) is 18.4 Å². The molecule has 152 valence electrons. The summed E-state index contributed by atoms with van der Waals surface area (Å²) < 4.78 is 5.50. The van der Waals surface area contributed by atoms with Gasteiger partial charge in [0, 0.05) is 18.7 Å². The van der Waals surface area contributed by atoms with Crippen LogP contribution < -0.4 is 15.0 Å². The molecule has 0 aromatic heterocycles. The number of nitrogens with one attached hydrogen (secondary N) is 1. The Bertz CT molecular complexity index is 877. The van der Waals surface area contributed by atoms with Crippen molar-refractivity contribution in [3.63, 3.8) is 0 Å². The third kappa shape index (κ3) is 4.77. The van der Waals surface area contributed by atoms with E-state index in [1.165, 1.54) is 19.3 Å². The van der Waals surface area contributed by atoms with Crippen LogP contribution in [0.25, 0.3) is 0 Å². The maximum Gasteiger partial charge on any atom is 0.265 e. The average molecular weight is 393 g/mol. The second-order valence-electron chi connectivity index (χ2n) is 7.59. The van der Waals surface area contributed by atoms with Crippen molar-refractivity contribution in [2.24, 2.45) is 0 Å². The molecule has 1 fully saturated rings. The van der Waals surface area contributed by atoms with Gasteiger partial charge in [0.25, 0.3) is 11.8 Å². The molecule has 1 N–H and O–H groups in total. The highest BCUT2D eigenvalue weighted by molar-refractivity contribution is 5.98. The quantitative estimate of drug-likeness (QED) is 0.820. The van der Waals surface area contributed by atoms with Crippen LogP contribution in [0.2, 0.25) is 0 Å². The molecule has 0 radical (unpaired) electrons. The average Bonchev–Trinajstić information content (AvgIpc) is 2.77. The molecule has 0 spiro atoms. The lowest BCUT2D eigenvalue weighted by Crippen LogP contribution is -2.38. The zero-order valence-electron chi connectivity index (χ0n) is 16.6. The molecule has 2 aromatic carbocycles. The van der Waals surface area contributed by atoms with Gasteiger partial charge in [0.1, 0.15) is 5.75 Å². The summed E-state index contributed by atoms with van der Waals surface area (Å²) in [7, 11) is 0. The summed E-state index contributed by atoms with van der Waals surface area (Å²) in [5, 5.41) is 3.02. The topological polar surface area (TPSA) is 61.9 Å². The van der Waals surface area contributed by atoms with Crippen molar-refractivity contribution in [2.75, 3.05) is 37.7 Å². The van der Waals surface area contributed by atoms with Gasteiger partial charge in [0.2, 0.25) is 0 Å². The third-order valence-corrected chi connectivity index (χ3v) is 5.50. The number of nitrogens with zero attached hydrogens (tertiary/aromatic N) is 2. The lowest BCUT2D eigenvalue weighted by atomic mass is 10.1. The molecule has 2 aromatic rings. The highest BCUT2D eigenvalue weighted by Gasteiger charge is 2.25. The van der Waals surface area contributed by atoms with Gasteiger partial charge in [0.15, 0.2) is 6.61 Å². The van der Waals surface area contributed by atoms with Crippen LogP contribution in [0.15, 0.2) is 48.5 Å². The normalized spacial score (nSPS) is 16.8. The molecule has 4 rings (SSSR count). The molecule has 0 aliphatic carbocycles. The number of hydrogen-bond acceptors (Lipinski definition) is 4. The van der Waals surface area contributed by atoms with E-state index in [1.807, 2.05) is 48.5 Å². The number of anilines is 1. The minimum absolute atomic E-state index is 0.0354. The van der Waals surface area contributed by atoms with Crippen LogP contribution in [0, 0.1) is 0 Å². The lowest BCUT2D eigenvalue weighted by Gasteiger charge is -2.29. The Balaban J connectivity index is 1.38. The Morgan fingerprint density at radius 1 is 1.03 bits per heavy atom. The minimum Gasteiger partial charge on any atom is -0.482 e. The Morgan fingerprint density at radius 2 is 1.86 bits per heavy atom. The third-order valence-electron chi connectivity index (χ3n) is 5.50. The van der Waals surface area contributed by atoms with E-state index in [9.17, 15) is 9.59 Å². The molecule has 29 heavy (non-hydrogen) atoms. The largest absolute Gasteiger partial charge is 0.482 e. The molecule has 2 aliphatic heterocycles. The first-order valence-electron chi connectivity index (χ1n) is 10.3. The molecule has 0 atom stereocenters. The van der Waals surface area contributed by atoms with Gasteiger partial charge in [-0.2, -0.15) is 0 Å². The second kappa shape index (κ2) is 9.09. The van der Waals surface area contributed by atoms with Crippen LogP contribution in [-0.4, -0.2) is 49.5 Å². The van der Waals surface area contributed by atoms with E-state index in [2.05, 4.69) is 10.2 Å². The Labute approximate surface area is 171 Å². The molecular weight excluding hydrogens is 366 g/mol. The number of carbonyl (C=O) groups is 2. The standard InChI is InChI=1S/C23H27N3O3/c27-22-17-29-21-10-3-2-9-20(21)26(22)16-18-7-6-8-19(15-18)23(28)24-11-14-25-12-4-1-5-13-25/h2-3,6-10,15H,1,4-5,11-14,16-17H2,(H,24,28). The van der Waals surface area contributed by atoms with Crippen molar-refractivity contribution in [1.29, 1.82) is 0 Å². The molecular formula is C23H27N3O3. The molecule has 1 saturated heterocycles. The van der Waals surface area contributed by atoms with Crippen LogP contribution in [-0.2, 0) is 11.3 Å². The van der Waals surface area contributed by atoms with Crippen LogP contribution >= 0.6 is 0 Å². The summed E-state index contributed by atoms with van der Waals surface area (Å²) in [4.78, 5) is 29.1. The number of piperidine rings is 1. The number of ether oxygens (including phenoxy) is 1. The molecule has 6 nitrogen and oxygen atoms in total. The molecule has 2 aliphatic rings. The zero-order chi connectivity index (χ0) is 20.1. The maximum atomic E-state index is 12.6. The second-order valence-corrected chi connectivity index (χ2v) is 7.59. The summed E-state index contributed by atoms with van der Waals surface area (Å²) in [5.41, 5.74) is 2.30. The first-order valence-corrected chi connectivity index (χ1v) is 10.3. The first kappa shape index (κ1) is 19.5. The van der Waals surface area contributed by atoms with Crippen molar-refractivity contribution in [3.8, 4) is 5.75 Å². The predicted molar refractivity (Wildman–Crippen MR) is 112 cm³/mol. The van der Waals surface area contributed by atoms with Gasteiger partial charge in [-0.3, -0.25) is 9.59 Å². The first-order chi connectivity index (χ1) is 14.2. The molecule has 2 amide bonds. The summed E-state index contributed by atoms with van der Waals surface area (Å²) >= 11 is 0. The van der Waals surface area contributed by atoms with Gasteiger partial charge in [-0.1, -0.05) is 30.7 Å². The molecule has 0 saturated carbocycles. The highest BCUT2D eigenvalue weighted by atomic mass is 16.5. The van der Waals surface area contributed by atoms with E-state index >= 15 is 0 Å². The Hall–Kier alpha value is -2.86. The summed E-state index contributed by atoms with van der Waals surface area (Å²) in [5.74, 6) is 0.552.